The molecule has 0 bridgehead atoms. The van der Waals surface area contributed by atoms with Gasteiger partial charge in [0, 0.05) is 17.3 Å². The fourth-order valence-corrected chi connectivity index (χ4v) is 3.40. The second kappa shape index (κ2) is 10.4. The second-order valence-electron chi connectivity index (χ2n) is 7.24. The Labute approximate surface area is 197 Å². The molecule has 2 amide bonds. The molecule has 0 saturated heterocycles. The van der Waals surface area contributed by atoms with Crippen molar-refractivity contribution in [2.75, 3.05) is 13.7 Å². The molecule has 0 fully saturated rings. The van der Waals surface area contributed by atoms with Crippen LogP contribution in [0.5, 0.6) is 11.5 Å². The van der Waals surface area contributed by atoms with Crippen LogP contribution in [0.3, 0.4) is 0 Å². The van der Waals surface area contributed by atoms with E-state index in [0.717, 1.165) is 11.3 Å². The molecule has 3 aromatic carbocycles. The molecule has 0 radical (unpaired) electrons. The molecule has 1 aromatic heterocycles. The van der Waals surface area contributed by atoms with Gasteiger partial charge >= 0.3 is 0 Å². The number of carbonyl (C=O) groups excluding carboxylic acids is 2. The van der Waals surface area contributed by atoms with E-state index in [4.69, 9.17) is 9.47 Å². The highest BCUT2D eigenvalue weighted by molar-refractivity contribution is 6.02. The maximum Gasteiger partial charge on any atom is 0.273 e. The zero-order valence-electron chi connectivity index (χ0n) is 18.8. The Morgan fingerprint density at radius 1 is 0.882 bits per heavy atom. The summed E-state index contributed by atoms with van der Waals surface area (Å²) in [6.45, 7) is 2.33. The van der Waals surface area contributed by atoms with Crippen molar-refractivity contribution < 1.29 is 19.1 Å². The third kappa shape index (κ3) is 4.91. The fraction of sp³-hybridized carbons (Fsp3) is 0.115. The lowest BCUT2D eigenvalue weighted by Gasteiger charge is -2.11. The molecule has 1 heterocycles. The molecule has 4 rings (SSSR count). The number of carbonyl (C=O) groups is 2. The average molecular weight is 457 g/mol. The Balaban J connectivity index is 1.56. The lowest BCUT2D eigenvalue weighted by atomic mass is 10.1. The molecule has 0 aliphatic rings. The summed E-state index contributed by atoms with van der Waals surface area (Å²) >= 11 is 0. The van der Waals surface area contributed by atoms with Gasteiger partial charge in [-0.3, -0.25) is 20.4 Å². The third-order valence-electron chi connectivity index (χ3n) is 5.04. The summed E-state index contributed by atoms with van der Waals surface area (Å²) in [4.78, 5) is 25.7. The maximum atomic E-state index is 13.1. The minimum Gasteiger partial charge on any atom is -0.493 e. The molecule has 0 atom stereocenters. The van der Waals surface area contributed by atoms with Crippen LogP contribution in [0.15, 0.2) is 85.1 Å². The number of amides is 2. The molecule has 0 saturated carbocycles. The van der Waals surface area contributed by atoms with Crippen LogP contribution in [0.4, 0.5) is 0 Å². The van der Waals surface area contributed by atoms with Crippen LogP contribution in [0.1, 0.15) is 27.6 Å². The normalized spacial score (nSPS) is 10.4. The van der Waals surface area contributed by atoms with Crippen molar-refractivity contribution in [3.63, 3.8) is 0 Å². The van der Waals surface area contributed by atoms with Crippen molar-refractivity contribution in [3.8, 4) is 28.4 Å². The van der Waals surface area contributed by atoms with Gasteiger partial charge in [-0.1, -0.05) is 48.5 Å². The van der Waals surface area contributed by atoms with Crippen LogP contribution in [-0.2, 0) is 0 Å². The third-order valence-corrected chi connectivity index (χ3v) is 5.04. The first-order valence-electron chi connectivity index (χ1n) is 10.7. The van der Waals surface area contributed by atoms with Crippen LogP contribution in [0, 0.1) is 0 Å². The lowest BCUT2D eigenvalue weighted by Crippen LogP contribution is -2.41. The molecule has 0 aliphatic carbocycles. The monoisotopic (exact) mass is 456 g/mol. The summed E-state index contributed by atoms with van der Waals surface area (Å²) in [7, 11) is 1.50. The van der Waals surface area contributed by atoms with E-state index in [0.29, 0.717) is 34.9 Å². The summed E-state index contributed by atoms with van der Waals surface area (Å²) in [5, 5.41) is 4.62. The quantitative estimate of drug-likeness (QED) is 0.410. The molecular formula is C26H24N4O4. The first kappa shape index (κ1) is 22.6. The Kier molecular flexibility index (Phi) is 6.88. The number of methoxy groups -OCH3 is 1. The standard InChI is InChI=1S/C26H24N4O4/c1-3-34-22-15-14-19(16-23(22)33-2)25(31)27-28-26(32)21-17-30(20-12-8-5-9-13-20)29-24(21)18-10-6-4-7-11-18/h4-17H,3H2,1-2H3,(H,27,31)(H,28,32). The number of para-hydroxylation sites is 1. The van der Waals surface area contributed by atoms with E-state index in [1.807, 2.05) is 67.6 Å². The number of hydrazine groups is 1. The molecule has 2 N–H and O–H groups in total. The largest absolute Gasteiger partial charge is 0.493 e. The van der Waals surface area contributed by atoms with Gasteiger partial charge in [0.15, 0.2) is 11.5 Å². The molecule has 0 unspecified atom stereocenters. The molecule has 8 heteroatoms. The van der Waals surface area contributed by atoms with Gasteiger partial charge in [-0.2, -0.15) is 5.10 Å². The Morgan fingerprint density at radius 2 is 1.56 bits per heavy atom. The Morgan fingerprint density at radius 3 is 2.24 bits per heavy atom. The Bertz CT molecular complexity index is 1290. The van der Waals surface area contributed by atoms with Crippen LogP contribution in [0.25, 0.3) is 16.9 Å². The predicted octanol–water partition coefficient (Wildman–Crippen LogP) is 4.02. The van der Waals surface area contributed by atoms with Gasteiger partial charge in [-0.15, -0.1) is 0 Å². The molecule has 4 aromatic rings. The Hall–Kier alpha value is -4.59. The van der Waals surface area contributed by atoms with Gasteiger partial charge in [0.2, 0.25) is 0 Å². The van der Waals surface area contributed by atoms with E-state index in [1.165, 1.54) is 7.11 Å². The summed E-state index contributed by atoms with van der Waals surface area (Å²) < 4.78 is 12.4. The van der Waals surface area contributed by atoms with Crippen LogP contribution in [-0.4, -0.2) is 35.3 Å². The summed E-state index contributed by atoms with van der Waals surface area (Å²) in [6, 6.07) is 23.7. The van der Waals surface area contributed by atoms with Crippen LogP contribution >= 0.6 is 0 Å². The smallest absolute Gasteiger partial charge is 0.273 e. The minimum atomic E-state index is -0.494. The van der Waals surface area contributed by atoms with E-state index >= 15 is 0 Å². The molecule has 34 heavy (non-hydrogen) atoms. The zero-order chi connectivity index (χ0) is 23.9. The lowest BCUT2D eigenvalue weighted by molar-refractivity contribution is 0.0847. The topological polar surface area (TPSA) is 94.5 Å². The molecule has 172 valence electrons. The fourth-order valence-electron chi connectivity index (χ4n) is 3.40. The number of hydrogen-bond acceptors (Lipinski definition) is 5. The number of ether oxygens (including phenoxy) is 2. The minimum absolute atomic E-state index is 0.309. The summed E-state index contributed by atoms with van der Waals surface area (Å²) in [5.41, 5.74) is 7.66. The number of hydrogen-bond donors (Lipinski definition) is 2. The molecule has 0 aliphatic heterocycles. The van der Waals surface area contributed by atoms with Gasteiger partial charge in [-0.05, 0) is 37.3 Å². The number of rotatable bonds is 7. The molecule has 0 spiro atoms. The first-order chi connectivity index (χ1) is 16.6. The van der Waals surface area contributed by atoms with Gasteiger partial charge < -0.3 is 9.47 Å². The van der Waals surface area contributed by atoms with Crippen LogP contribution < -0.4 is 20.3 Å². The van der Waals surface area contributed by atoms with Crippen molar-refractivity contribution in [1.29, 1.82) is 0 Å². The number of aromatic nitrogens is 2. The predicted molar refractivity (Wildman–Crippen MR) is 128 cm³/mol. The van der Waals surface area contributed by atoms with Gasteiger partial charge in [0.05, 0.1) is 25.0 Å². The van der Waals surface area contributed by atoms with Gasteiger partial charge in [0.25, 0.3) is 11.8 Å². The average Bonchev–Trinajstić information content (AvgIpc) is 3.34. The van der Waals surface area contributed by atoms with E-state index in [1.54, 1.807) is 29.1 Å². The molecule has 8 nitrogen and oxygen atoms in total. The van der Waals surface area contributed by atoms with E-state index in [9.17, 15) is 9.59 Å². The highest BCUT2D eigenvalue weighted by Crippen LogP contribution is 2.28. The number of nitrogens with zero attached hydrogens (tertiary/aromatic N) is 2. The first-order valence-corrected chi connectivity index (χ1v) is 10.7. The van der Waals surface area contributed by atoms with Crippen molar-refractivity contribution in [2.45, 2.75) is 6.92 Å². The molecular weight excluding hydrogens is 432 g/mol. The van der Waals surface area contributed by atoms with Gasteiger partial charge in [-0.25, -0.2) is 4.68 Å². The van der Waals surface area contributed by atoms with E-state index in [-0.39, 0.29) is 0 Å². The summed E-state index contributed by atoms with van der Waals surface area (Å²) in [6.07, 6.45) is 1.64. The summed E-state index contributed by atoms with van der Waals surface area (Å²) in [5.74, 6) is -0.0264. The van der Waals surface area contributed by atoms with Crippen LogP contribution in [0.2, 0.25) is 0 Å². The van der Waals surface area contributed by atoms with E-state index < -0.39 is 11.8 Å². The van der Waals surface area contributed by atoms with Gasteiger partial charge in [0.1, 0.15) is 5.69 Å². The maximum absolute atomic E-state index is 13.1. The van der Waals surface area contributed by atoms with Crippen molar-refractivity contribution in [3.05, 3.63) is 96.2 Å². The van der Waals surface area contributed by atoms with Crippen molar-refractivity contribution in [2.24, 2.45) is 0 Å². The number of nitrogens with one attached hydrogen (secondary N) is 2. The highest BCUT2D eigenvalue weighted by Gasteiger charge is 2.20. The highest BCUT2D eigenvalue weighted by atomic mass is 16.5. The van der Waals surface area contributed by atoms with E-state index in [2.05, 4.69) is 16.0 Å². The second-order valence-corrected chi connectivity index (χ2v) is 7.24. The zero-order valence-corrected chi connectivity index (χ0v) is 18.8. The SMILES string of the molecule is CCOc1ccc(C(=O)NNC(=O)c2cn(-c3ccccc3)nc2-c2ccccc2)cc1OC. The van der Waals surface area contributed by atoms with Crippen molar-refractivity contribution >= 4 is 11.8 Å². The number of benzene rings is 3. The van der Waals surface area contributed by atoms with Crippen molar-refractivity contribution in [1.82, 2.24) is 20.6 Å².